The van der Waals surface area contributed by atoms with E-state index in [4.69, 9.17) is 14.2 Å². The fraction of sp³-hybridized carbons (Fsp3) is 0.455. The number of hydrogen-bond acceptors (Lipinski definition) is 5. The standard InChI is InChI=1S/C22H28O5/c1-22(24)13-18(25-2)19(26-14-16-9-5-3-6-10-16)20(21(22)23)27-15-17-11-7-4-8-12-17/h3-12,18-21,23-24H,13-15H2,1-2H3/t18-,19-,20-,21-,22+/m0/s1. The van der Waals surface area contributed by atoms with E-state index in [-0.39, 0.29) is 12.5 Å². The summed E-state index contributed by atoms with van der Waals surface area (Å²) in [5.41, 5.74) is 0.709. The molecule has 1 aliphatic rings. The Morgan fingerprint density at radius 3 is 1.85 bits per heavy atom. The Balaban J connectivity index is 1.76. The summed E-state index contributed by atoms with van der Waals surface area (Å²) in [6, 6.07) is 19.6. The van der Waals surface area contributed by atoms with Gasteiger partial charge in [-0.1, -0.05) is 60.7 Å². The molecule has 0 spiro atoms. The normalized spacial score (nSPS) is 31.0. The zero-order valence-electron chi connectivity index (χ0n) is 15.8. The van der Waals surface area contributed by atoms with Gasteiger partial charge in [-0.15, -0.1) is 0 Å². The molecule has 5 heteroatoms. The van der Waals surface area contributed by atoms with Crippen LogP contribution in [0.5, 0.6) is 0 Å². The highest BCUT2D eigenvalue weighted by Gasteiger charge is 2.51. The lowest BCUT2D eigenvalue weighted by atomic mass is 9.78. The molecule has 27 heavy (non-hydrogen) atoms. The van der Waals surface area contributed by atoms with Crippen LogP contribution in [0.4, 0.5) is 0 Å². The van der Waals surface area contributed by atoms with E-state index in [0.717, 1.165) is 11.1 Å². The van der Waals surface area contributed by atoms with Gasteiger partial charge >= 0.3 is 0 Å². The predicted octanol–water partition coefficient (Wildman–Crippen LogP) is 2.69. The number of hydrogen-bond donors (Lipinski definition) is 2. The van der Waals surface area contributed by atoms with Crippen LogP contribution in [0.2, 0.25) is 0 Å². The number of benzene rings is 2. The summed E-state index contributed by atoms with van der Waals surface area (Å²) in [4.78, 5) is 0. The summed E-state index contributed by atoms with van der Waals surface area (Å²) in [5, 5.41) is 21.4. The summed E-state index contributed by atoms with van der Waals surface area (Å²) >= 11 is 0. The zero-order chi connectivity index (χ0) is 19.3. The lowest BCUT2D eigenvalue weighted by molar-refractivity contribution is -0.247. The van der Waals surface area contributed by atoms with Crippen molar-refractivity contribution in [3.63, 3.8) is 0 Å². The highest BCUT2D eigenvalue weighted by Crippen LogP contribution is 2.34. The second kappa shape index (κ2) is 8.95. The summed E-state index contributed by atoms with van der Waals surface area (Å²) in [5.74, 6) is 0. The number of aliphatic hydroxyl groups is 2. The average Bonchev–Trinajstić information content (AvgIpc) is 2.69. The van der Waals surface area contributed by atoms with Gasteiger partial charge in [0.05, 0.1) is 24.9 Å². The first-order valence-electron chi connectivity index (χ1n) is 9.25. The van der Waals surface area contributed by atoms with Crippen molar-refractivity contribution < 1.29 is 24.4 Å². The Morgan fingerprint density at radius 1 is 0.889 bits per heavy atom. The van der Waals surface area contributed by atoms with E-state index < -0.39 is 23.9 Å². The van der Waals surface area contributed by atoms with Crippen molar-refractivity contribution in [3.8, 4) is 0 Å². The van der Waals surface area contributed by atoms with E-state index in [1.807, 2.05) is 60.7 Å². The van der Waals surface area contributed by atoms with Crippen LogP contribution in [0.15, 0.2) is 60.7 Å². The van der Waals surface area contributed by atoms with Gasteiger partial charge in [0.1, 0.15) is 18.3 Å². The lowest BCUT2D eigenvalue weighted by Gasteiger charge is -2.47. The highest BCUT2D eigenvalue weighted by atomic mass is 16.6. The van der Waals surface area contributed by atoms with Crippen LogP contribution in [0.3, 0.4) is 0 Å². The molecule has 0 aromatic heterocycles. The maximum atomic E-state index is 10.7. The number of methoxy groups -OCH3 is 1. The van der Waals surface area contributed by atoms with Gasteiger partial charge < -0.3 is 24.4 Å². The van der Waals surface area contributed by atoms with Crippen molar-refractivity contribution in [1.82, 2.24) is 0 Å². The molecule has 2 aromatic carbocycles. The smallest absolute Gasteiger partial charge is 0.115 e. The van der Waals surface area contributed by atoms with Crippen LogP contribution in [0.1, 0.15) is 24.5 Å². The van der Waals surface area contributed by atoms with E-state index in [1.54, 1.807) is 14.0 Å². The fourth-order valence-corrected chi connectivity index (χ4v) is 3.53. The van der Waals surface area contributed by atoms with Crippen LogP contribution < -0.4 is 0 Å². The Morgan fingerprint density at radius 2 is 1.37 bits per heavy atom. The summed E-state index contributed by atoms with van der Waals surface area (Å²) < 4.78 is 17.7. The van der Waals surface area contributed by atoms with Crippen LogP contribution in [0.25, 0.3) is 0 Å². The second-order valence-electron chi connectivity index (χ2n) is 7.30. The quantitative estimate of drug-likeness (QED) is 0.782. The monoisotopic (exact) mass is 372 g/mol. The Kier molecular flexibility index (Phi) is 6.63. The molecule has 1 saturated carbocycles. The molecule has 0 heterocycles. The molecule has 3 rings (SSSR count). The number of ether oxygens (including phenoxy) is 3. The molecular weight excluding hydrogens is 344 g/mol. The lowest BCUT2D eigenvalue weighted by Crippen LogP contribution is -2.63. The molecule has 0 amide bonds. The van der Waals surface area contributed by atoms with Crippen LogP contribution >= 0.6 is 0 Å². The fourth-order valence-electron chi connectivity index (χ4n) is 3.53. The molecule has 0 aliphatic heterocycles. The molecule has 0 bridgehead atoms. The summed E-state index contributed by atoms with van der Waals surface area (Å²) in [7, 11) is 1.59. The van der Waals surface area contributed by atoms with Crippen LogP contribution in [-0.2, 0) is 27.4 Å². The van der Waals surface area contributed by atoms with Crippen molar-refractivity contribution in [2.24, 2.45) is 0 Å². The van der Waals surface area contributed by atoms with Gasteiger partial charge in [0.2, 0.25) is 0 Å². The molecule has 5 nitrogen and oxygen atoms in total. The summed E-state index contributed by atoms with van der Waals surface area (Å²) in [6.45, 7) is 2.31. The van der Waals surface area contributed by atoms with Crippen molar-refractivity contribution in [2.75, 3.05) is 7.11 Å². The molecule has 0 saturated heterocycles. The van der Waals surface area contributed by atoms with Gasteiger partial charge in [0, 0.05) is 13.5 Å². The van der Waals surface area contributed by atoms with Crippen molar-refractivity contribution in [1.29, 1.82) is 0 Å². The van der Waals surface area contributed by atoms with E-state index >= 15 is 0 Å². The third-order valence-electron chi connectivity index (χ3n) is 5.13. The molecule has 2 N–H and O–H groups in total. The average molecular weight is 372 g/mol. The van der Waals surface area contributed by atoms with Crippen molar-refractivity contribution in [3.05, 3.63) is 71.8 Å². The third kappa shape index (κ3) is 4.94. The minimum Gasteiger partial charge on any atom is -0.387 e. The van der Waals surface area contributed by atoms with Gasteiger partial charge in [-0.25, -0.2) is 0 Å². The first kappa shape index (κ1) is 20.0. The van der Waals surface area contributed by atoms with Crippen LogP contribution in [-0.4, -0.2) is 47.3 Å². The molecule has 1 aliphatic carbocycles. The van der Waals surface area contributed by atoms with E-state index in [2.05, 4.69) is 0 Å². The van der Waals surface area contributed by atoms with Crippen molar-refractivity contribution in [2.45, 2.75) is 56.6 Å². The minimum atomic E-state index is -1.31. The topological polar surface area (TPSA) is 68.2 Å². The predicted molar refractivity (Wildman–Crippen MR) is 102 cm³/mol. The van der Waals surface area contributed by atoms with Gasteiger partial charge in [-0.05, 0) is 18.1 Å². The molecule has 1 fully saturated rings. The summed E-state index contributed by atoms with van der Waals surface area (Å²) in [6.07, 6.45) is -2.38. The first-order chi connectivity index (χ1) is 13.0. The van der Waals surface area contributed by atoms with Gasteiger partial charge in [0.25, 0.3) is 0 Å². The largest absolute Gasteiger partial charge is 0.387 e. The SMILES string of the molecule is CO[C@H]1C[C@@](C)(O)[C@@H](O)[C@@H](OCc2ccccc2)[C@H]1OCc1ccccc1. The number of rotatable bonds is 7. The Labute approximate surface area is 160 Å². The molecular formula is C22H28O5. The van der Waals surface area contributed by atoms with Gasteiger partial charge in [-0.3, -0.25) is 0 Å². The van der Waals surface area contributed by atoms with E-state index in [9.17, 15) is 10.2 Å². The second-order valence-corrected chi connectivity index (χ2v) is 7.30. The third-order valence-corrected chi connectivity index (χ3v) is 5.13. The van der Waals surface area contributed by atoms with Gasteiger partial charge in [0.15, 0.2) is 0 Å². The Hall–Kier alpha value is -1.76. The maximum Gasteiger partial charge on any atom is 0.115 e. The Bertz CT molecular complexity index is 688. The van der Waals surface area contributed by atoms with Crippen molar-refractivity contribution >= 4 is 0 Å². The van der Waals surface area contributed by atoms with Gasteiger partial charge in [-0.2, -0.15) is 0 Å². The molecule has 0 radical (unpaired) electrons. The van der Waals surface area contributed by atoms with E-state index in [0.29, 0.717) is 13.2 Å². The highest BCUT2D eigenvalue weighted by molar-refractivity contribution is 5.15. The maximum absolute atomic E-state index is 10.7. The molecule has 2 aromatic rings. The van der Waals surface area contributed by atoms with E-state index in [1.165, 1.54) is 0 Å². The molecule has 146 valence electrons. The molecule has 0 unspecified atom stereocenters. The minimum absolute atomic E-state index is 0.273. The molecule has 5 atom stereocenters. The zero-order valence-corrected chi connectivity index (χ0v) is 15.8. The van der Waals surface area contributed by atoms with Crippen LogP contribution in [0, 0.1) is 0 Å². The first-order valence-corrected chi connectivity index (χ1v) is 9.25. The number of aliphatic hydroxyl groups excluding tert-OH is 1.